The number of hydrogen-bond acceptors (Lipinski definition) is 2. The number of hydrogen-bond donors (Lipinski definition) is 2. The van der Waals surface area contributed by atoms with Crippen LogP contribution in [-0.4, -0.2) is 17.6 Å². The zero-order valence-corrected chi connectivity index (χ0v) is 10.5. The summed E-state index contributed by atoms with van der Waals surface area (Å²) in [5.74, 6) is -2.58. The van der Waals surface area contributed by atoms with Gasteiger partial charge in [-0.05, 0) is 32.0 Å². The number of nitrogens with one attached hydrogen (secondary N) is 1. The largest absolute Gasteiger partial charge is 0.481 e. The third kappa shape index (κ3) is 3.26. The fourth-order valence-corrected chi connectivity index (χ4v) is 1.97. The van der Waals surface area contributed by atoms with Gasteiger partial charge in [0.2, 0.25) is 0 Å². The van der Waals surface area contributed by atoms with Crippen LogP contribution in [0, 0.1) is 11.6 Å². The van der Waals surface area contributed by atoms with E-state index in [2.05, 4.69) is 5.32 Å². The van der Waals surface area contributed by atoms with Gasteiger partial charge < -0.3 is 10.4 Å². The second kappa shape index (κ2) is 5.91. The van der Waals surface area contributed by atoms with E-state index in [0.29, 0.717) is 6.54 Å². The van der Waals surface area contributed by atoms with Crippen LogP contribution in [0.2, 0.25) is 0 Å². The quantitative estimate of drug-likeness (QED) is 0.823. The summed E-state index contributed by atoms with van der Waals surface area (Å²) in [6.45, 7) is 3.88. The Labute approximate surface area is 105 Å². The number of aliphatic carboxylic acids is 1. The molecular formula is C13H17F2NO2. The van der Waals surface area contributed by atoms with Crippen molar-refractivity contribution < 1.29 is 18.7 Å². The van der Waals surface area contributed by atoms with Crippen LogP contribution in [0.4, 0.5) is 8.78 Å². The molecule has 5 heteroatoms. The number of rotatable bonds is 6. The van der Waals surface area contributed by atoms with Crippen molar-refractivity contribution in [1.29, 1.82) is 0 Å². The fourth-order valence-electron chi connectivity index (χ4n) is 1.97. The van der Waals surface area contributed by atoms with E-state index >= 15 is 0 Å². The molecule has 0 bridgehead atoms. The van der Waals surface area contributed by atoms with E-state index in [1.165, 1.54) is 13.0 Å². The lowest BCUT2D eigenvalue weighted by Crippen LogP contribution is -2.43. The molecule has 2 N–H and O–H groups in total. The zero-order chi connectivity index (χ0) is 13.8. The minimum absolute atomic E-state index is 0.221. The highest BCUT2D eigenvalue weighted by Gasteiger charge is 2.34. The van der Waals surface area contributed by atoms with Crippen LogP contribution in [0.5, 0.6) is 0 Å². The van der Waals surface area contributed by atoms with E-state index in [-0.39, 0.29) is 12.0 Å². The lowest BCUT2D eigenvalue weighted by molar-refractivity contribution is -0.138. The van der Waals surface area contributed by atoms with Crippen molar-refractivity contribution in [2.24, 2.45) is 0 Å². The van der Waals surface area contributed by atoms with Crippen molar-refractivity contribution in [3.63, 3.8) is 0 Å². The summed E-state index contributed by atoms with van der Waals surface area (Å²) < 4.78 is 27.5. The van der Waals surface area contributed by atoms with Crippen molar-refractivity contribution in [1.82, 2.24) is 5.32 Å². The minimum Gasteiger partial charge on any atom is -0.481 e. The van der Waals surface area contributed by atoms with Gasteiger partial charge in [0.15, 0.2) is 0 Å². The van der Waals surface area contributed by atoms with Crippen molar-refractivity contribution in [3.8, 4) is 0 Å². The molecule has 1 aromatic rings. The van der Waals surface area contributed by atoms with Crippen LogP contribution in [0.3, 0.4) is 0 Å². The number of benzene rings is 1. The molecular weight excluding hydrogens is 240 g/mol. The summed E-state index contributed by atoms with van der Waals surface area (Å²) in [6, 6.07) is 3.52. The molecule has 0 radical (unpaired) electrons. The summed E-state index contributed by atoms with van der Waals surface area (Å²) in [5.41, 5.74) is -1.47. The van der Waals surface area contributed by atoms with Gasteiger partial charge in [-0.25, -0.2) is 8.78 Å². The lowest BCUT2D eigenvalue weighted by Gasteiger charge is -2.30. The standard InChI is InChI=1S/C13H17F2NO2/c1-3-7-16-13(2,8-11(17)18)12-9(14)5-4-6-10(12)15/h4-6,16H,3,7-8H2,1-2H3,(H,17,18). The molecule has 0 aliphatic heterocycles. The van der Waals surface area contributed by atoms with Gasteiger partial charge in [-0.2, -0.15) is 0 Å². The molecule has 0 amide bonds. The molecule has 0 aliphatic carbocycles. The van der Waals surface area contributed by atoms with Gasteiger partial charge in [0, 0.05) is 5.56 Å². The summed E-state index contributed by atoms with van der Waals surface area (Å²) in [5, 5.41) is 11.8. The third-order valence-electron chi connectivity index (χ3n) is 2.78. The second-order valence-electron chi connectivity index (χ2n) is 4.43. The van der Waals surface area contributed by atoms with Gasteiger partial charge in [0.25, 0.3) is 0 Å². The molecule has 0 heterocycles. The fraction of sp³-hybridized carbons (Fsp3) is 0.462. The van der Waals surface area contributed by atoms with E-state index < -0.39 is 23.1 Å². The average Bonchev–Trinajstić information content (AvgIpc) is 2.25. The molecule has 100 valence electrons. The molecule has 1 rings (SSSR count). The molecule has 0 fully saturated rings. The molecule has 1 atom stereocenters. The van der Waals surface area contributed by atoms with E-state index in [0.717, 1.165) is 18.6 Å². The van der Waals surface area contributed by atoms with Crippen molar-refractivity contribution in [3.05, 3.63) is 35.4 Å². The highest BCUT2D eigenvalue weighted by Crippen LogP contribution is 2.29. The van der Waals surface area contributed by atoms with Crippen LogP contribution in [0.15, 0.2) is 18.2 Å². The molecule has 0 saturated carbocycles. The molecule has 0 aliphatic rings. The smallest absolute Gasteiger partial charge is 0.305 e. The first-order valence-electron chi connectivity index (χ1n) is 5.82. The van der Waals surface area contributed by atoms with Gasteiger partial charge >= 0.3 is 5.97 Å². The molecule has 0 aromatic heterocycles. The van der Waals surface area contributed by atoms with Crippen LogP contribution >= 0.6 is 0 Å². The van der Waals surface area contributed by atoms with E-state index in [1.54, 1.807) is 0 Å². The Morgan fingerprint density at radius 3 is 2.39 bits per heavy atom. The van der Waals surface area contributed by atoms with Crippen molar-refractivity contribution in [2.75, 3.05) is 6.54 Å². The van der Waals surface area contributed by atoms with Crippen LogP contribution < -0.4 is 5.32 Å². The van der Waals surface area contributed by atoms with E-state index in [9.17, 15) is 13.6 Å². The highest BCUT2D eigenvalue weighted by atomic mass is 19.1. The molecule has 0 saturated heterocycles. The summed E-state index contributed by atoms with van der Waals surface area (Å²) >= 11 is 0. The maximum atomic E-state index is 13.8. The molecule has 1 aromatic carbocycles. The van der Waals surface area contributed by atoms with Gasteiger partial charge in [0.05, 0.1) is 12.0 Å². The maximum absolute atomic E-state index is 13.8. The Morgan fingerprint density at radius 2 is 1.94 bits per heavy atom. The van der Waals surface area contributed by atoms with Gasteiger partial charge in [-0.1, -0.05) is 13.0 Å². The predicted octanol–water partition coefficient (Wildman–Crippen LogP) is 2.65. The Morgan fingerprint density at radius 1 is 1.39 bits per heavy atom. The molecule has 18 heavy (non-hydrogen) atoms. The second-order valence-corrected chi connectivity index (χ2v) is 4.43. The number of carboxylic acids is 1. The molecule has 0 spiro atoms. The summed E-state index contributed by atoms with van der Waals surface area (Å²) in [7, 11) is 0. The van der Waals surface area contributed by atoms with Crippen LogP contribution in [0.25, 0.3) is 0 Å². The van der Waals surface area contributed by atoms with Crippen molar-refractivity contribution in [2.45, 2.75) is 32.2 Å². The Balaban J connectivity index is 3.20. The lowest BCUT2D eigenvalue weighted by atomic mass is 9.87. The number of carboxylic acid groups (broad SMARTS) is 1. The van der Waals surface area contributed by atoms with E-state index in [4.69, 9.17) is 5.11 Å². The third-order valence-corrected chi connectivity index (χ3v) is 2.78. The monoisotopic (exact) mass is 257 g/mol. The first kappa shape index (κ1) is 14.6. The topological polar surface area (TPSA) is 49.3 Å². The number of carbonyl (C=O) groups is 1. The average molecular weight is 257 g/mol. The maximum Gasteiger partial charge on any atom is 0.305 e. The summed E-state index contributed by atoms with van der Waals surface area (Å²) in [6.07, 6.45) is 0.357. The number of halogens is 2. The SMILES string of the molecule is CCCNC(C)(CC(=O)O)c1c(F)cccc1F. The highest BCUT2D eigenvalue weighted by molar-refractivity contribution is 5.69. The molecule has 1 unspecified atom stereocenters. The first-order valence-corrected chi connectivity index (χ1v) is 5.82. The Bertz CT molecular complexity index is 417. The van der Waals surface area contributed by atoms with E-state index in [1.807, 2.05) is 6.92 Å². The van der Waals surface area contributed by atoms with Crippen LogP contribution in [-0.2, 0) is 10.3 Å². The van der Waals surface area contributed by atoms with Gasteiger partial charge in [0.1, 0.15) is 11.6 Å². The van der Waals surface area contributed by atoms with Gasteiger partial charge in [-0.3, -0.25) is 4.79 Å². The Kier molecular flexibility index (Phi) is 4.78. The normalized spacial score (nSPS) is 14.2. The first-order chi connectivity index (χ1) is 8.40. The minimum atomic E-state index is -1.25. The van der Waals surface area contributed by atoms with Crippen LogP contribution in [0.1, 0.15) is 32.3 Å². The predicted molar refractivity (Wildman–Crippen MR) is 64.3 cm³/mol. The molecule has 3 nitrogen and oxygen atoms in total. The zero-order valence-electron chi connectivity index (χ0n) is 10.5. The Hall–Kier alpha value is -1.49. The van der Waals surface area contributed by atoms with Gasteiger partial charge in [-0.15, -0.1) is 0 Å². The van der Waals surface area contributed by atoms with Crippen molar-refractivity contribution >= 4 is 5.97 Å². The summed E-state index contributed by atoms with van der Waals surface area (Å²) in [4.78, 5) is 10.9.